The molecule has 21 heavy (non-hydrogen) atoms. The minimum absolute atomic E-state index is 0.0784. The van der Waals surface area contributed by atoms with E-state index >= 15 is 0 Å². The summed E-state index contributed by atoms with van der Waals surface area (Å²) >= 11 is 0. The second-order valence-electron chi connectivity index (χ2n) is 4.48. The van der Waals surface area contributed by atoms with E-state index in [1.165, 1.54) is 12.3 Å². The van der Waals surface area contributed by atoms with E-state index in [-0.39, 0.29) is 23.1 Å². The molecule has 1 aromatic heterocycles. The Bertz CT molecular complexity index is 680. The van der Waals surface area contributed by atoms with Crippen LogP contribution in [-0.2, 0) is 0 Å². The smallest absolute Gasteiger partial charge is 0.312 e. The predicted octanol–water partition coefficient (Wildman–Crippen LogP) is 3.42. The first-order chi connectivity index (χ1) is 10.2. The van der Waals surface area contributed by atoms with E-state index in [0.717, 1.165) is 12.0 Å². The van der Waals surface area contributed by atoms with Crippen molar-refractivity contribution in [3.63, 3.8) is 0 Å². The lowest BCUT2D eigenvalue weighted by Crippen LogP contribution is -2.12. The van der Waals surface area contributed by atoms with Gasteiger partial charge in [-0.3, -0.25) is 10.1 Å². The molecule has 1 aromatic carbocycles. The third-order valence-corrected chi connectivity index (χ3v) is 3.11. The van der Waals surface area contributed by atoms with Crippen LogP contribution in [0, 0.1) is 21.4 Å². The van der Waals surface area contributed by atoms with Gasteiger partial charge in [0.1, 0.15) is 6.07 Å². The number of pyridine rings is 1. The molecular formula is C15H14N4O2. The molecule has 0 radical (unpaired) electrons. The van der Waals surface area contributed by atoms with Crippen LogP contribution in [0.25, 0.3) is 0 Å². The second kappa shape index (κ2) is 6.48. The number of aromatic nitrogens is 1. The van der Waals surface area contributed by atoms with Crippen molar-refractivity contribution in [1.82, 2.24) is 4.98 Å². The summed E-state index contributed by atoms with van der Waals surface area (Å²) in [5.41, 5.74) is 1.00. The summed E-state index contributed by atoms with van der Waals surface area (Å²) in [4.78, 5) is 14.6. The van der Waals surface area contributed by atoms with Crippen molar-refractivity contribution in [1.29, 1.82) is 5.26 Å². The van der Waals surface area contributed by atoms with Crippen LogP contribution in [-0.4, -0.2) is 9.91 Å². The molecule has 0 fully saturated rings. The SMILES string of the molecule is CCC(Nc1ncc(C#N)cc1[N+](=O)[O-])c1ccccc1. The van der Waals surface area contributed by atoms with Crippen LogP contribution in [0.3, 0.4) is 0 Å². The Balaban J connectivity index is 2.34. The molecule has 1 heterocycles. The lowest BCUT2D eigenvalue weighted by atomic mass is 10.0. The normalized spacial score (nSPS) is 11.4. The maximum absolute atomic E-state index is 11.1. The minimum Gasteiger partial charge on any atom is -0.358 e. The van der Waals surface area contributed by atoms with Crippen LogP contribution in [0.5, 0.6) is 0 Å². The van der Waals surface area contributed by atoms with Gasteiger partial charge in [0, 0.05) is 12.3 Å². The third-order valence-electron chi connectivity index (χ3n) is 3.11. The summed E-state index contributed by atoms with van der Waals surface area (Å²) in [6.07, 6.45) is 2.08. The predicted molar refractivity (Wildman–Crippen MR) is 78.7 cm³/mol. The molecule has 2 aromatic rings. The molecule has 0 saturated carbocycles. The van der Waals surface area contributed by atoms with Crippen molar-refractivity contribution in [2.45, 2.75) is 19.4 Å². The van der Waals surface area contributed by atoms with Gasteiger partial charge in [0.15, 0.2) is 0 Å². The van der Waals surface area contributed by atoms with Gasteiger partial charge < -0.3 is 5.32 Å². The molecule has 6 heteroatoms. The zero-order valence-electron chi connectivity index (χ0n) is 11.5. The average Bonchev–Trinajstić information content (AvgIpc) is 2.53. The summed E-state index contributed by atoms with van der Waals surface area (Å²) in [5, 5.41) is 23.0. The molecule has 0 saturated heterocycles. The number of nitrogens with zero attached hydrogens (tertiary/aromatic N) is 3. The number of hydrogen-bond donors (Lipinski definition) is 1. The number of nitrogens with one attached hydrogen (secondary N) is 1. The molecule has 2 rings (SSSR count). The Kier molecular flexibility index (Phi) is 4.46. The molecule has 1 unspecified atom stereocenters. The van der Waals surface area contributed by atoms with Crippen LogP contribution in [0.2, 0.25) is 0 Å². The van der Waals surface area contributed by atoms with E-state index in [9.17, 15) is 10.1 Å². The summed E-state index contributed by atoms with van der Waals surface area (Å²) in [5.74, 6) is 0.176. The Morgan fingerprint density at radius 2 is 2.14 bits per heavy atom. The average molecular weight is 282 g/mol. The molecule has 0 bridgehead atoms. The van der Waals surface area contributed by atoms with Crippen LogP contribution in [0.1, 0.15) is 30.5 Å². The van der Waals surface area contributed by atoms with Crippen LogP contribution < -0.4 is 5.32 Å². The van der Waals surface area contributed by atoms with Gasteiger partial charge in [-0.05, 0) is 12.0 Å². The molecule has 0 spiro atoms. The fourth-order valence-corrected chi connectivity index (χ4v) is 2.04. The Morgan fingerprint density at radius 1 is 1.43 bits per heavy atom. The van der Waals surface area contributed by atoms with E-state index in [1.54, 1.807) is 0 Å². The maximum Gasteiger partial charge on any atom is 0.312 e. The quantitative estimate of drug-likeness (QED) is 0.670. The summed E-state index contributed by atoms with van der Waals surface area (Å²) < 4.78 is 0. The van der Waals surface area contributed by atoms with Gasteiger partial charge in [-0.15, -0.1) is 0 Å². The van der Waals surface area contributed by atoms with Gasteiger partial charge in [-0.1, -0.05) is 37.3 Å². The van der Waals surface area contributed by atoms with E-state index in [2.05, 4.69) is 10.3 Å². The van der Waals surface area contributed by atoms with Crippen molar-refractivity contribution in [3.05, 3.63) is 63.8 Å². The van der Waals surface area contributed by atoms with Crippen molar-refractivity contribution in [2.75, 3.05) is 5.32 Å². The highest BCUT2D eigenvalue weighted by Gasteiger charge is 2.19. The first-order valence-corrected chi connectivity index (χ1v) is 6.51. The Labute approximate surface area is 122 Å². The monoisotopic (exact) mass is 282 g/mol. The number of hydrogen-bond acceptors (Lipinski definition) is 5. The van der Waals surface area contributed by atoms with Gasteiger partial charge in [0.05, 0.1) is 16.5 Å². The first kappa shape index (κ1) is 14.5. The molecule has 0 aliphatic rings. The van der Waals surface area contributed by atoms with Crippen LogP contribution >= 0.6 is 0 Å². The molecule has 0 amide bonds. The molecule has 6 nitrogen and oxygen atoms in total. The van der Waals surface area contributed by atoms with Crippen molar-refractivity contribution < 1.29 is 4.92 Å². The van der Waals surface area contributed by atoms with E-state index in [1.807, 2.05) is 43.3 Å². The summed E-state index contributed by atoms with van der Waals surface area (Å²) in [7, 11) is 0. The molecule has 1 N–H and O–H groups in total. The minimum atomic E-state index is -0.534. The van der Waals surface area contributed by atoms with E-state index < -0.39 is 4.92 Å². The van der Waals surface area contributed by atoms with Crippen molar-refractivity contribution in [3.8, 4) is 6.07 Å². The lowest BCUT2D eigenvalue weighted by Gasteiger charge is -2.17. The topological polar surface area (TPSA) is 91.8 Å². The molecule has 1 atom stereocenters. The van der Waals surface area contributed by atoms with Crippen molar-refractivity contribution >= 4 is 11.5 Å². The molecule has 0 aliphatic heterocycles. The van der Waals surface area contributed by atoms with E-state index in [0.29, 0.717) is 0 Å². The molecule has 0 aliphatic carbocycles. The molecular weight excluding hydrogens is 268 g/mol. The highest BCUT2D eigenvalue weighted by Crippen LogP contribution is 2.28. The lowest BCUT2D eigenvalue weighted by molar-refractivity contribution is -0.384. The van der Waals surface area contributed by atoms with Crippen LogP contribution in [0.15, 0.2) is 42.6 Å². The standard InChI is InChI=1S/C15H14N4O2/c1-2-13(12-6-4-3-5-7-12)18-15-14(19(20)21)8-11(9-16)10-17-15/h3-8,10,13H,2H2,1H3,(H,17,18). The maximum atomic E-state index is 11.1. The Morgan fingerprint density at radius 3 is 2.71 bits per heavy atom. The largest absolute Gasteiger partial charge is 0.358 e. The summed E-state index contributed by atoms with van der Waals surface area (Å²) in [6, 6.07) is 12.7. The van der Waals surface area contributed by atoms with Gasteiger partial charge in [-0.25, -0.2) is 4.98 Å². The number of rotatable bonds is 5. The third kappa shape index (κ3) is 3.34. The first-order valence-electron chi connectivity index (χ1n) is 6.51. The highest BCUT2D eigenvalue weighted by molar-refractivity contribution is 5.59. The Hall–Kier alpha value is -2.94. The summed E-state index contributed by atoms with van der Waals surface area (Å²) in [6.45, 7) is 1.99. The van der Waals surface area contributed by atoms with Gasteiger partial charge >= 0.3 is 5.69 Å². The van der Waals surface area contributed by atoms with Gasteiger partial charge in [-0.2, -0.15) is 5.26 Å². The number of nitro groups is 1. The fraction of sp³-hybridized carbons (Fsp3) is 0.200. The van der Waals surface area contributed by atoms with Gasteiger partial charge in [0.2, 0.25) is 5.82 Å². The second-order valence-corrected chi connectivity index (χ2v) is 4.48. The van der Waals surface area contributed by atoms with Crippen molar-refractivity contribution in [2.24, 2.45) is 0 Å². The number of benzene rings is 1. The number of nitriles is 1. The zero-order chi connectivity index (χ0) is 15.2. The van der Waals surface area contributed by atoms with Gasteiger partial charge in [0.25, 0.3) is 0 Å². The number of anilines is 1. The highest BCUT2D eigenvalue weighted by atomic mass is 16.6. The molecule has 106 valence electrons. The fourth-order valence-electron chi connectivity index (χ4n) is 2.04. The van der Waals surface area contributed by atoms with Crippen LogP contribution in [0.4, 0.5) is 11.5 Å². The zero-order valence-corrected chi connectivity index (χ0v) is 11.5. The van der Waals surface area contributed by atoms with E-state index in [4.69, 9.17) is 5.26 Å².